The average molecular weight is 224 g/mol. The van der Waals surface area contributed by atoms with Crippen LogP contribution in [-0.4, -0.2) is 17.6 Å². The van der Waals surface area contributed by atoms with E-state index in [-0.39, 0.29) is 5.56 Å². The second kappa shape index (κ2) is 4.70. The van der Waals surface area contributed by atoms with Crippen LogP contribution in [0.15, 0.2) is 18.3 Å². The van der Waals surface area contributed by atoms with Gasteiger partial charge in [-0.15, -0.1) is 0 Å². The number of nitrogens with one attached hydrogen (secondary N) is 1. The Kier molecular flexibility index (Phi) is 3.29. The van der Waals surface area contributed by atoms with Crippen LogP contribution in [0.4, 0.5) is 8.78 Å². The fourth-order valence-electron chi connectivity index (χ4n) is 1.82. The van der Waals surface area contributed by atoms with Crippen LogP contribution >= 0.6 is 0 Å². The number of aryl methyl sites for hydroxylation is 1. The van der Waals surface area contributed by atoms with Gasteiger partial charge in [0.1, 0.15) is 5.82 Å². The number of pyridine rings is 1. The number of aromatic nitrogens is 1. The highest BCUT2D eigenvalue weighted by Gasteiger charge is 2.13. The summed E-state index contributed by atoms with van der Waals surface area (Å²) in [7, 11) is 0. The molecule has 1 N–H and O–H groups in total. The first-order valence-electron chi connectivity index (χ1n) is 5.38. The van der Waals surface area contributed by atoms with Gasteiger partial charge in [-0.05, 0) is 19.8 Å². The number of nitrogens with zero attached hydrogens (tertiary/aromatic N) is 1. The molecule has 4 heteroatoms. The topological polar surface area (TPSA) is 24.9 Å². The summed E-state index contributed by atoms with van der Waals surface area (Å²) < 4.78 is 26.5. The van der Waals surface area contributed by atoms with E-state index in [1.54, 1.807) is 0 Å². The second-order valence-electron chi connectivity index (χ2n) is 3.99. The van der Waals surface area contributed by atoms with Crippen LogP contribution in [0.2, 0.25) is 0 Å². The lowest BCUT2D eigenvalue weighted by molar-refractivity contribution is 0.521. The zero-order valence-corrected chi connectivity index (χ0v) is 9.13. The van der Waals surface area contributed by atoms with Crippen LogP contribution in [0.5, 0.6) is 0 Å². The lowest BCUT2D eigenvalue weighted by Gasteiger charge is -2.10. The van der Waals surface area contributed by atoms with Gasteiger partial charge >= 0.3 is 0 Å². The van der Waals surface area contributed by atoms with E-state index in [9.17, 15) is 8.78 Å². The van der Waals surface area contributed by atoms with E-state index in [0.29, 0.717) is 18.0 Å². The Labute approximate surface area is 93.4 Å². The summed E-state index contributed by atoms with van der Waals surface area (Å²) in [5, 5.41) is 3.24. The summed E-state index contributed by atoms with van der Waals surface area (Å²) in [5.41, 5.74) is 0.494. The Hall–Kier alpha value is -1.29. The molecule has 0 bridgehead atoms. The van der Waals surface area contributed by atoms with E-state index < -0.39 is 11.8 Å². The summed E-state index contributed by atoms with van der Waals surface area (Å²) in [5.74, 6) is -1.19. The van der Waals surface area contributed by atoms with Crippen LogP contribution in [-0.2, 0) is 6.42 Å². The van der Waals surface area contributed by atoms with E-state index >= 15 is 0 Å². The molecule has 1 atom stereocenters. The predicted molar refractivity (Wildman–Crippen MR) is 58.1 cm³/mol. The van der Waals surface area contributed by atoms with Crippen LogP contribution in [0, 0.1) is 18.7 Å². The molecule has 1 unspecified atom stereocenters. The SMILES string of the molecule is Cc1c(F)ncc(CCC2C=CCN2)c1F. The maximum atomic E-state index is 13.6. The first-order chi connectivity index (χ1) is 7.68. The third-order valence-electron chi connectivity index (χ3n) is 2.85. The Morgan fingerprint density at radius 1 is 1.50 bits per heavy atom. The minimum atomic E-state index is -0.722. The van der Waals surface area contributed by atoms with Crippen molar-refractivity contribution in [3.8, 4) is 0 Å². The highest BCUT2D eigenvalue weighted by molar-refractivity contribution is 5.21. The van der Waals surface area contributed by atoms with Crippen molar-refractivity contribution in [2.24, 2.45) is 0 Å². The number of rotatable bonds is 3. The van der Waals surface area contributed by atoms with Crippen LogP contribution in [0.25, 0.3) is 0 Å². The highest BCUT2D eigenvalue weighted by atomic mass is 19.1. The molecule has 0 spiro atoms. The van der Waals surface area contributed by atoms with Crippen molar-refractivity contribution in [3.63, 3.8) is 0 Å². The summed E-state index contributed by atoms with van der Waals surface area (Å²) in [6.07, 6.45) is 6.79. The lowest BCUT2D eigenvalue weighted by Crippen LogP contribution is -2.22. The molecule has 2 heterocycles. The third-order valence-corrected chi connectivity index (χ3v) is 2.85. The van der Waals surface area contributed by atoms with Gasteiger partial charge in [0.2, 0.25) is 5.95 Å². The second-order valence-corrected chi connectivity index (χ2v) is 3.99. The van der Waals surface area contributed by atoms with Gasteiger partial charge in [-0.1, -0.05) is 12.2 Å². The Balaban J connectivity index is 2.04. The molecule has 1 aromatic rings. The molecule has 1 aliphatic heterocycles. The Bertz CT molecular complexity index is 416. The zero-order chi connectivity index (χ0) is 11.5. The molecular formula is C12H14F2N2. The van der Waals surface area contributed by atoms with Crippen molar-refractivity contribution in [2.75, 3.05) is 6.54 Å². The van der Waals surface area contributed by atoms with Gasteiger partial charge < -0.3 is 5.32 Å². The van der Waals surface area contributed by atoms with Gasteiger partial charge in [0, 0.05) is 29.9 Å². The molecule has 0 aliphatic carbocycles. The summed E-state index contributed by atoms with van der Waals surface area (Å²) in [4.78, 5) is 3.54. The van der Waals surface area contributed by atoms with E-state index in [1.165, 1.54) is 13.1 Å². The highest BCUT2D eigenvalue weighted by Crippen LogP contribution is 2.16. The number of hydrogen-bond acceptors (Lipinski definition) is 2. The average Bonchev–Trinajstić information content (AvgIpc) is 2.78. The predicted octanol–water partition coefficient (Wildman–Crippen LogP) is 2.13. The minimum Gasteiger partial charge on any atom is -0.307 e. The molecule has 1 aromatic heterocycles. The molecular weight excluding hydrogens is 210 g/mol. The fourth-order valence-corrected chi connectivity index (χ4v) is 1.82. The molecule has 86 valence electrons. The van der Waals surface area contributed by atoms with Crippen molar-refractivity contribution >= 4 is 0 Å². The number of hydrogen-bond donors (Lipinski definition) is 1. The van der Waals surface area contributed by atoms with Gasteiger partial charge in [0.15, 0.2) is 0 Å². The first-order valence-corrected chi connectivity index (χ1v) is 5.38. The van der Waals surface area contributed by atoms with Gasteiger partial charge in [-0.3, -0.25) is 0 Å². The summed E-state index contributed by atoms with van der Waals surface area (Å²) in [6.45, 7) is 2.28. The minimum absolute atomic E-state index is 0.00687. The monoisotopic (exact) mass is 224 g/mol. The first kappa shape index (κ1) is 11.2. The van der Waals surface area contributed by atoms with Gasteiger partial charge in [-0.25, -0.2) is 9.37 Å². The van der Waals surface area contributed by atoms with Crippen LogP contribution in [0.1, 0.15) is 17.5 Å². The smallest absolute Gasteiger partial charge is 0.218 e. The molecule has 0 saturated carbocycles. The molecule has 0 aromatic carbocycles. The quantitative estimate of drug-likeness (QED) is 0.628. The molecule has 0 amide bonds. The van der Waals surface area contributed by atoms with Gasteiger partial charge in [0.25, 0.3) is 0 Å². The molecule has 0 saturated heterocycles. The Morgan fingerprint density at radius 3 is 3.00 bits per heavy atom. The van der Waals surface area contributed by atoms with Gasteiger partial charge in [-0.2, -0.15) is 4.39 Å². The van der Waals surface area contributed by atoms with Crippen LogP contribution < -0.4 is 5.32 Å². The van der Waals surface area contributed by atoms with E-state index in [4.69, 9.17) is 0 Å². The van der Waals surface area contributed by atoms with E-state index in [1.807, 2.05) is 0 Å². The van der Waals surface area contributed by atoms with Crippen molar-refractivity contribution in [1.82, 2.24) is 10.3 Å². The van der Waals surface area contributed by atoms with E-state index in [2.05, 4.69) is 22.5 Å². The molecule has 16 heavy (non-hydrogen) atoms. The van der Waals surface area contributed by atoms with Crippen molar-refractivity contribution in [3.05, 3.63) is 41.2 Å². The largest absolute Gasteiger partial charge is 0.307 e. The lowest BCUT2D eigenvalue weighted by atomic mass is 10.1. The fraction of sp³-hybridized carbons (Fsp3) is 0.417. The van der Waals surface area contributed by atoms with Crippen molar-refractivity contribution in [2.45, 2.75) is 25.8 Å². The molecule has 0 radical (unpaired) electrons. The summed E-state index contributed by atoms with van der Waals surface area (Å²) >= 11 is 0. The standard InChI is InChI=1S/C12H14F2N2/c1-8-11(13)9(7-16-12(8)14)4-5-10-3-2-6-15-10/h2-3,7,10,15H,4-6H2,1H3. The zero-order valence-electron chi connectivity index (χ0n) is 9.13. The Morgan fingerprint density at radius 2 is 2.31 bits per heavy atom. The molecule has 1 aliphatic rings. The third kappa shape index (κ3) is 2.27. The normalized spacial score (nSPS) is 19.3. The van der Waals surface area contributed by atoms with Crippen molar-refractivity contribution in [1.29, 1.82) is 0 Å². The summed E-state index contributed by atoms with van der Waals surface area (Å²) in [6, 6.07) is 0.296. The van der Waals surface area contributed by atoms with Crippen molar-refractivity contribution < 1.29 is 8.78 Å². The molecule has 2 rings (SSSR count). The maximum absolute atomic E-state index is 13.6. The molecule has 2 nitrogen and oxygen atoms in total. The van der Waals surface area contributed by atoms with Gasteiger partial charge in [0.05, 0.1) is 0 Å². The number of halogens is 2. The van der Waals surface area contributed by atoms with Crippen LogP contribution in [0.3, 0.4) is 0 Å². The molecule has 0 fully saturated rings. The maximum Gasteiger partial charge on any atom is 0.218 e. The van der Waals surface area contributed by atoms with E-state index in [0.717, 1.165) is 13.0 Å².